The van der Waals surface area contributed by atoms with Crippen molar-refractivity contribution in [1.29, 1.82) is 0 Å². The fourth-order valence-electron chi connectivity index (χ4n) is 3.18. The summed E-state index contributed by atoms with van der Waals surface area (Å²) in [5.41, 5.74) is 0.512. The fraction of sp³-hybridized carbons (Fsp3) is 0.350. The molecule has 0 saturated heterocycles. The zero-order chi connectivity index (χ0) is 19.9. The molecule has 0 radical (unpaired) electrons. The number of hydrogen-bond acceptors (Lipinski definition) is 7. The van der Waals surface area contributed by atoms with Gasteiger partial charge in [-0.3, -0.25) is 9.59 Å². The SMILES string of the molecule is COC(=O)C1=C(NC(C)(C)C)OC2=C(C(=O)c3ccccc32)C1C(=O)OC. The molecule has 7 heteroatoms. The zero-order valence-electron chi connectivity index (χ0n) is 15.8. The van der Waals surface area contributed by atoms with Crippen molar-refractivity contribution >= 4 is 23.5 Å². The highest BCUT2D eigenvalue weighted by Crippen LogP contribution is 2.45. The molecule has 1 unspecified atom stereocenters. The van der Waals surface area contributed by atoms with E-state index >= 15 is 0 Å². The third kappa shape index (κ3) is 3.09. The Balaban J connectivity index is 2.24. The van der Waals surface area contributed by atoms with Gasteiger partial charge in [0.05, 0.1) is 19.8 Å². The minimum atomic E-state index is -1.24. The van der Waals surface area contributed by atoms with Crippen LogP contribution in [0.3, 0.4) is 0 Å². The van der Waals surface area contributed by atoms with E-state index in [9.17, 15) is 14.4 Å². The lowest BCUT2D eigenvalue weighted by atomic mass is 9.87. The lowest BCUT2D eigenvalue weighted by molar-refractivity contribution is -0.146. The molecule has 1 aromatic rings. The summed E-state index contributed by atoms with van der Waals surface area (Å²) in [4.78, 5) is 38.1. The van der Waals surface area contributed by atoms with Gasteiger partial charge in [0.1, 0.15) is 17.3 Å². The number of nitrogens with one attached hydrogen (secondary N) is 1. The zero-order valence-corrected chi connectivity index (χ0v) is 15.8. The normalized spacial score (nSPS) is 18.6. The molecule has 1 N–H and O–H groups in total. The fourth-order valence-corrected chi connectivity index (χ4v) is 3.18. The number of Topliss-reactive ketones (excluding diaryl/α,β-unsaturated/α-hetero) is 1. The van der Waals surface area contributed by atoms with Crippen LogP contribution in [0.2, 0.25) is 0 Å². The topological polar surface area (TPSA) is 90.9 Å². The Bertz CT molecular complexity index is 903. The summed E-state index contributed by atoms with van der Waals surface area (Å²) in [7, 11) is 2.41. The van der Waals surface area contributed by atoms with Crippen LogP contribution in [-0.2, 0) is 23.8 Å². The molecule has 1 heterocycles. The van der Waals surface area contributed by atoms with Gasteiger partial charge in [-0.05, 0) is 20.8 Å². The highest BCUT2D eigenvalue weighted by molar-refractivity contribution is 6.23. The molecule has 0 aromatic heterocycles. The Labute approximate surface area is 157 Å². The summed E-state index contributed by atoms with van der Waals surface area (Å²) in [5.74, 6) is -2.78. The van der Waals surface area contributed by atoms with Gasteiger partial charge in [0, 0.05) is 16.7 Å². The van der Waals surface area contributed by atoms with Gasteiger partial charge in [0.15, 0.2) is 5.78 Å². The number of hydrogen-bond donors (Lipinski definition) is 1. The van der Waals surface area contributed by atoms with Crippen molar-refractivity contribution in [3.05, 3.63) is 52.4 Å². The average molecular weight is 371 g/mol. The van der Waals surface area contributed by atoms with E-state index in [4.69, 9.17) is 14.2 Å². The second kappa shape index (κ2) is 6.57. The molecule has 0 saturated carbocycles. The van der Waals surface area contributed by atoms with E-state index in [-0.39, 0.29) is 28.6 Å². The van der Waals surface area contributed by atoms with Gasteiger partial charge in [0.25, 0.3) is 0 Å². The van der Waals surface area contributed by atoms with Crippen LogP contribution in [0.4, 0.5) is 0 Å². The first kappa shape index (κ1) is 18.7. The number of carbonyl (C=O) groups is 3. The van der Waals surface area contributed by atoms with Gasteiger partial charge in [-0.25, -0.2) is 4.79 Å². The molecule has 0 amide bonds. The summed E-state index contributed by atoms with van der Waals surface area (Å²) in [6.07, 6.45) is 0. The Hall–Kier alpha value is -3.09. The van der Waals surface area contributed by atoms with Crippen LogP contribution in [0.1, 0.15) is 36.7 Å². The number of benzene rings is 1. The molecule has 0 fully saturated rings. The van der Waals surface area contributed by atoms with Crippen molar-refractivity contribution in [3.8, 4) is 0 Å². The van der Waals surface area contributed by atoms with Crippen molar-refractivity contribution in [3.63, 3.8) is 0 Å². The van der Waals surface area contributed by atoms with E-state index in [0.29, 0.717) is 11.1 Å². The largest absolute Gasteiger partial charge is 0.468 e. The molecule has 0 bridgehead atoms. The van der Waals surface area contributed by atoms with Crippen molar-refractivity contribution in [1.82, 2.24) is 5.32 Å². The summed E-state index contributed by atoms with van der Waals surface area (Å²) in [5, 5.41) is 3.09. The standard InChI is InChI=1S/C20H21NO6/c1-20(2,3)21-17-14(19(24)26-5)12(18(23)25-4)13-15(22)10-8-6-7-9-11(10)16(13)27-17/h6-9,12,21H,1-5H3. The van der Waals surface area contributed by atoms with Gasteiger partial charge >= 0.3 is 11.9 Å². The van der Waals surface area contributed by atoms with Gasteiger partial charge in [0.2, 0.25) is 5.88 Å². The molecule has 1 aliphatic heterocycles. The number of fused-ring (bicyclic) bond motifs is 2. The quantitative estimate of drug-likeness (QED) is 0.815. The summed E-state index contributed by atoms with van der Waals surface area (Å²) >= 11 is 0. The molecule has 0 spiro atoms. The van der Waals surface area contributed by atoms with Crippen LogP contribution in [0.15, 0.2) is 41.3 Å². The summed E-state index contributed by atoms with van der Waals surface area (Å²) in [6, 6.07) is 6.89. The van der Waals surface area contributed by atoms with Crippen LogP contribution in [0.25, 0.3) is 5.76 Å². The molecule has 3 rings (SSSR count). The molecule has 27 heavy (non-hydrogen) atoms. The molecular weight excluding hydrogens is 350 g/mol. The second-order valence-electron chi connectivity index (χ2n) is 7.29. The molecule has 1 aliphatic carbocycles. The molecule has 1 atom stereocenters. The maximum Gasteiger partial charge on any atom is 0.340 e. The Morgan fingerprint density at radius 1 is 1.07 bits per heavy atom. The second-order valence-corrected chi connectivity index (χ2v) is 7.29. The van der Waals surface area contributed by atoms with Gasteiger partial charge < -0.3 is 19.5 Å². The van der Waals surface area contributed by atoms with Gasteiger partial charge in [-0.1, -0.05) is 24.3 Å². The number of rotatable bonds is 3. The van der Waals surface area contributed by atoms with Gasteiger partial charge in [-0.2, -0.15) is 0 Å². The minimum absolute atomic E-state index is 0.0769. The Kier molecular flexibility index (Phi) is 4.55. The van der Waals surface area contributed by atoms with Crippen LogP contribution in [0.5, 0.6) is 0 Å². The highest BCUT2D eigenvalue weighted by Gasteiger charge is 2.49. The lowest BCUT2D eigenvalue weighted by Gasteiger charge is -2.31. The van der Waals surface area contributed by atoms with E-state index < -0.39 is 23.4 Å². The third-order valence-electron chi connectivity index (χ3n) is 4.26. The first-order valence-corrected chi connectivity index (χ1v) is 8.44. The van der Waals surface area contributed by atoms with Crippen molar-refractivity contribution in [2.75, 3.05) is 14.2 Å². The van der Waals surface area contributed by atoms with Crippen molar-refractivity contribution in [2.45, 2.75) is 26.3 Å². The van der Waals surface area contributed by atoms with Crippen LogP contribution in [-0.4, -0.2) is 37.5 Å². The van der Waals surface area contributed by atoms with Gasteiger partial charge in [-0.15, -0.1) is 0 Å². The van der Waals surface area contributed by atoms with E-state index in [1.807, 2.05) is 20.8 Å². The maximum atomic E-state index is 13.0. The van der Waals surface area contributed by atoms with Crippen molar-refractivity contribution < 1.29 is 28.6 Å². The Morgan fingerprint density at radius 2 is 1.70 bits per heavy atom. The van der Waals surface area contributed by atoms with E-state index in [0.717, 1.165) is 0 Å². The minimum Gasteiger partial charge on any atom is -0.468 e. The van der Waals surface area contributed by atoms with E-state index in [2.05, 4.69) is 5.32 Å². The molecule has 2 aliphatic rings. The molecule has 142 valence electrons. The number of ether oxygens (including phenoxy) is 3. The molecule has 1 aromatic carbocycles. The monoisotopic (exact) mass is 371 g/mol. The lowest BCUT2D eigenvalue weighted by Crippen LogP contribution is -2.41. The average Bonchev–Trinajstić information content (AvgIpc) is 2.90. The van der Waals surface area contributed by atoms with Crippen molar-refractivity contribution in [2.24, 2.45) is 5.92 Å². The third-order valence-corrected chi connectivity index (χ3v) is 4.26. The van der Waals surface area contributed by atoms with Crippen LogP contribution >= 0.6 is 0 Å². The first-order valence-electron chi connectivity index (χ1n) is 8.44. The number of carbonyl (C=O) groups excluding carboxylic acids is 3. The summed E-state index contributed by atoms with van der Waals surface area (Å²) < 4.78 is 15.7. The molecule has 7 nitrogen and oxygen atoms in total. The molecular formula is C20H21NO6. The highest BCUT2D eigenvalue weighted by atomic mass is 16.5. The van der Waals surface area contributed by atoms with E-state index in [1.165, 1.54) is 14.2 Å². The smallest absolute Gasteiger partial charge is 0.340 e. The Morgan fingerprint density at radius 3 is 2.26 bits per heavy atom. The first-order chi connectivity index (χ1) is 12.7. The van der Waals surface area contributed by atoms with E-state index in [1.54, 1.807) is 24.3 Å². The van der Waals surface area contributed by atoms with Crippen LogP contribution < -0.4 is 5.32 Å². The maximum absolute atomic E-state index is 13.0. The number of methoxy groups -OCH3 is 2. The predicted molar refractivity (Wildman–Crippen MR) is 96.2 cm³/mol. The van der Waals surface area contributed by atoms with Crippen LogP contribution in [0, 0.1) is 5.92 Å². The summed E-state index contributed by atoms with van der Waals surface area (Å²) in [6.45, 7) is 5.63. The number of ketones is 1. The number of esters is 2. The predicted octanol–water partition coefficient (Wildman–Crippen LogP) is 2.19.